The fraction of sp³-hybridized carbons (Fsp3) is 0.0833. The van der Waals surface area contributed by atoms with Crippen LogP contribution in [0.5, 0.6) is 5.75 Å². The first-order valence-electron chi connectivity index (χ1n) is 5.05. The Hall–Kier alpha value is -2.21. The summed E-state index contributed by atoms with van der Waals surface area (Å²) in [4.78, 5) is 22.6. The van der Waals surface area contributed by atoms with Gasteiger partial charge in [0.2, 0.25) is 0 Å². The Morgan fingerprint density at radius 1 is 1.39 bits per heavy atom. The maximum Gasteiger partial charge on any atom is 0.356 e. The van der Waals surface area contributed by atoms with Crippen molar-refractivity contribution in [2.24, 2.45) is 0 Å². The smallest absolute Gasteiger partial charge is 0.356 e. The van der Waals surface area contributed by atoms with Crippen LogP contribution in [0.25, 0.3) is 0 Å². The molecule has 0 radical (unpaired) electrons. The number of nitrogens with zero attached hydrogens (tertiary/aromatic N) is 1. The molecule has 0 atom stereocenters. The Morgan fingerprint density at radius 2 is 2.17 bits per heavy atom. The van der Waals surface area contributed by atoms with E-state index >= 15 is 0 Å². The van der Waals surface area contributed by atoms with Crippen molar-refractivity contribution >= 4 is 23.5 Å². The zero-order valence-electron chi connectivity index (χ0n) is 9.41. The van der Waals surface area contributed by atoms with E-state index in [9.17, 15) is 9.59 Å². The van der Waals surface area contributed by atoms with Gasteiger partial charge in [0.25, 0.3) is 0 Å². The van der Waals surface area contributed by atoms with E-state index in [0.717, 1.165) is 23.3 Å². The molecule has 1 aromatic carbocycles. The molecule has 1 aromatic heterocycles. The molecule has 92 valence electrons. The highest BCUT2D eigenvalue weighted by Crippen LogP contribution is 2.18. The highest BCUT2D eigenvalue weighted by molar-refractivity contribution is 7.08. The van der Waals surface area contributed by atoms with Gasteiger partial charge >= 0.3 is 11.9 Å². The number of carboxylic acids is 1. The summed E-state index contributed by atoms with van der Waals surface area (Å²) in [7, 11) is 0. The second-order valence-corrected chi connectivity index (χ2v) is 4.38. The van der Waals surface area contributed by atoms with Crippen molar-refractivity contribution in [3.63, 3.8) is 0 Å². The first-order chi connectivity index (χ1) is 8.58. The van der Waals surface area contributed by atoms with E-state index in [2.05, 4.69) is 4.37 Å². The molecular formula is C12H9NO4S. The molecule has 0 aliphatic heterocycles. The normalized spacial score (nSPS) is 10.1. The highest BCUT2D eigenvalue weighted by Gasteiger charge is 2.21. The zero-order chi connectivity index (χ0) is 13.1. The van der Waals surface area contributed by atoms with Crippen LogP contribution in [0, 0.1) is 6.92 Å². The summed E-state index contributed by atoms with van der Waals surface area (Å²) in [5.41, 5.74) is 0.806. The average molecular weight is 263 g/mol. The largest absolute Gasteiger partial charge is 0.478 e. The lowest BCUT2D eigenvalue weighted by Gasteiger charge is -2.03. The molecular weight excluding hydrogens is 254 g/mol. The Labute approximate surface area is 107 Å². The van der Waals surface area contributed by atoms with Crippen molar-refractivity contribution < 1.29 is 19.4 Å². The molecule has 0 bridgehead atoms. The Morgan fingerprint density at radius 3 is 2.83 bits per heavy atom. The summed E-state index contributed by atoms with van der Waals surface area (Å²) in [6.07, 6.45) is 1.14. The number of aromatic carboxylic acids is 1. The second-order valence-electron chi connectivity index (χ2n) is 3.58. The second kappa shape index (κ2) is 4.97. The van der Waals surface area contributed by atoms with Gasteiger partial charge in [-0.3, -0.25) is 0 Å². The van der Waals surface area contributed by atoms with Crippen molar-refractivity contribution in [1.82, 2.24) is 4.37 Å². The van der Waals surface area contributed by atoms with Gasteiger partial charge in [0.15, 0.2) is 0 Å². The molecule has 2 aromatic rings. The monoisotopic (exact) mass is 263 g/mol. The third-order valence-electron chi connectivity index (χ3n) is 2.19. The maximum absolute atomic E-state index is 11.8. The van der Waals surface area contributed by atoms with Gasteiger partial charge in [0.1, 0.15) is 16.2 Å². The van der Waals surface area contributed by atoms with Crippen LogP contribution in [-0.4, -0.2) is 21.4 Å². The number of hydrogen-bond acceptors (Lipinski definition) is 5. The standard InChI is InChI=1S/C12H9NO4S/c1-7-3-2-4-8(5-7)17-12(16)10-9(11(14)15)6-13-18-10/h2-6H,1H3,(H,14,15). The molecule has 2 rings (SSSR count). The molecule has 0 fully saturated rings. The van der Waals surface area contributed by atoms with Crippen molar-refractivity contribution in [2.45, 2.75) is 6.92 Å². The number of benzene rings is 1. The van der Waals surface area contributed by atoms with Crippen LogP contribution in [0.1, 0.15) is 25.6 Å². The van der Waals surface area contributed by atoms with Crippen molar-refractivity contribution in [3.05, 3.63) is 46.5 Å². The highest BCUT2D eigenvalue weighted by atomic mass is 32.1. The van der Waals surface area contributed by atoms with Gasteiger partial charge in [0.05, 0.1) is 6.20 Å². The van der Waals surface area contributed by atoms with E-state index in [0.29, 0.717) is 5.75 Å². The molecule has 0 saturated carbocycles. The summed E-state index contributed by atoms with van der Waals surface area (Å²) in [5, 5.41) is 8.87. The summed E-state index contributed by atoms with van der Waals surface area (Å²) in [6, 6.07) is 6.95. The number of esters is 1. The minimum absolute atomic E-state index is 0.0102. The van der Waals surface area contributed by atoms with Gasteiger partial charge in [-0.1, -0.05) is 12.1 Å². The van der Waals surface area contributed by atoms with Crippen LogP contribution >= 0.6 is 11.5 Å². The molecule has 0 aliphatic rings. The quantitative estimate of drug-likeness (QED) is 0.679. The Balaban J connectivity index is 2.22. The molecule has 1 heterocycles. The van der Waals surface area contributed by atoms with Gasteiger partial charge in [-0.05, 0) is 36.2 Å². The molecule has 0 saturated heterocycles. The van der Waals surface area contributed by atoms with Crippen molar-refractivity contribution in [1.29, 1.82) is 0 Å². The lowest BCUT2D eigenvalue weighted by Crippen LogP contribution is -2.11. The number of carbonyl (C=O) groups excluding carboxylic acids is 1. The van der Waals surface area contributed by atoms with E-state index in [4.69, 9.17) is 9.84 Å². The average Bonchev–Trinajstić information content (AvgIpc) is 2.77. The molecule has 5 nitrogen and oxygen atoms in total. The molecule has 6 heteroatoms. The predicted molar refractivity (Wildman–Crippen MR) is 65.2 cm³/mol. The fourth-order valence-corrected chi connectivity index (χ4v) is 1.99. The molecule has 0 amide bonds. The van der Waals surface area contributed by atoms with Crippen molar-refractivity contribution in [2.75, 3.05) is 0 Å². The Bertz CT molecular complexity index is 606. The number of carbonyl (C=O) groups is 2. The summed E-state index contributed by atoms with van der Waals surface area (Å²) in [6.45, 7) is 1.87. The molecule has 1 N–H and O–H groups in total. The van der Waals surface area contributed by atoms with E-state index in [1.165, 1.54) is 0 Å². The molecule has 0 aliphatic carbocycles. The molecule has 0 spiro atoms. The summed E-state index contributed by atoms with van der Waals surface area (Å²) < 4.78 is 8.78. The number of aromatic nitrogens is 1. The topological polar surface area (TPSA) is 76.5 Å². The Kier molecular flexibility index (Phi) is 3.38. The third kappa shape index (κ3) is 2.54. The SMILES string of the molecule is Cc1cccc(OC(=O)c2sncc2C(=O)O)c1. The molecule has 18 heavy (non-hydrogen) atoms. The number of ether oxygens (including phenoxy) is 1. The number of aryl methyl sites for hydroxylation is 1. The predicted octanol–water partition coefficient (Wildman–Crippen LogP) is 2.37. The van der Waals surface area contributed by atoms with Crippen LogP contribution in [0.15, 0.2) is 30.5 Å². The van der Waals surface area contributed by atoms with Crippen LogP contribution in [-0.2, 0) is 0 Å². The summed E-state index contributed by atoms with van der Waals surface area (Å²) >= 11 is 0.804. The first kappa shape index (κ1) is 12.3. The first-order valence-corrected chi connectivity index (χ1v) is 5.82. The minimum atomic E-state index is -1.19. The van der Waals surface area contributed by atoms with Gasteiger partial charge in [-0.2, -0.15) is 4.37 Å². The third-order valence-corrected chi connectivity index (χ3v) is 2.97. The van der Waals surface area contributed by atoms with E-state index < -0.39 is 11.9 Å². The van der Waals surface area contributed by atoms with Crippen LogP contribution in [0.3, 0.4) is 0 Å². The van der Waals surface area contributed by atoms with E-state index in [1.807, 2.05) is 13.0 Å². The lowest BCUT2D eigenvalue weighted by molar-refractivity contribution is 0.0671. The van der Waals surface area contributed by atoms with Crippen LogP contribution < -0.4 is 4.74 Å². The zero-order valence-corrected chi connectivity index (χ0v) is 10.2. The maximum atomic E-state index is 11.8. The van der Waals surface area contributed by atoms with Crippen molar-refractivity contribution in [3.8, 4) is 5.75 Å². The van der Waals surface area contributed by atoms with Gasteiger partial charge in [-0.15, -0.1) is 0 Å². The fourth-order valence-electron chi connectivity index (χ4n) is 1.37. The lowest BCUT2D eigenvalue weighted by atomic mass is 10.2. The minimum Gasteiger partial charge on any atom is -0.478 e. The van der Waals surface area contributed by atoms with E-state index in [1.54, 1.807) is 18.2 Å². The van der Waals surface area contributed by atoms with Gasteiger partial charge in [0, 0.05) is 0 Å². The van der Waals surface area contributed by atoms with Crippen LogP contribution in [0.2, 0.25) is 0 Å². The number of rotatable bonds is 3. The van der Waals surface area contributed by atoms with Gasteiger partial charge < -0.3 is 9.84 Å². The van der Waals surface area contributed by atoms with Gasteiger partial charge in [-0.25, -0.2) is 9.59 Å². The molecule has 0 unspecified atom stereocenters. The van der Waals surface area contributed by atoms with E-state index in [-0.39, 0.29) is 10.4 Å². The van der Waals surface area contributed by atoms with Crippen LogP contribution in [0.4, 0.5) is 0 Å². The number of carboxylic acid groups (broad SMARTS) is 1. The number of hydrogen-bond donors (Lipinski definition) is 1. The summed E-state index contributed by atoms with van der Waals surface area (Å²) in [5.74, 6) is -1.52.